The van der Waals surface area contributed by atoms with E-state index >= 15 is 0 Å². The van der Waals surface area contributed by atoms with Gasteiger partial charge in [-0.3, -0.25) is 20.8 Å². The Morgan fingerprint density at radius 1 is 1.50 bits per heavy atom. The zero-order chi connectivity index (χ0) is 16.4. The Balaban J connectivity index is 2.58. The molecule has 0 bridgehead atoms. The van der Waals surface area contributed by atoms with Crippen LogP contribution in [0.1, 0.15) is 11.1 Å². The van der Waals surface area contributed by atoms with Crippen LogP contribution in [0.4, 0.5) is 0 Å². The Morgan fingerprint density at radius 2 is 2.23 bits per heavy atom. The fraction of sp³-hybridized carbons (Fsp3) is 0.417. The van der Waals surface area contributed by atoms with Gasteiger partial charge in [-0.05, 0) is 19.1 Å². The topological polar surface area (TPSA) is 140 Å². The third-order valence-corrected chi connectivity index (χ3v) is 4.17. The van der Waals surface area contributed by atoms with Gasteiger partial charge in [-0.1, -0.05) is 11.6 Å². The molecule has 2 rings (SSSR count). The number of nitrogens with zero attached hydrogens (tertiary/aromatic N) is 2. The van der Waals surface area contributed by atoms with E-state index in [0.29, 0.717) is 0 Å². The second-order valence-corrected chi connectivity index (χ2v) is 6.28. The van der Waals surface area contributed by atoms with E-state index in [4.69, 9.17) is 10.9 Å². The lowest BCUT2D eigenvalue weighted by atomic mass is 10.1. The van der Waals surface area contributed by atoms with Gasteiger partial charge in [0.25, 0.3) is 10.1 Å². The minimum atomic E-state index is -4.45. The number of hydrogen-bond donors (Lipinski definition) is 5. The van der Waals surface area contributed by atoms with Gasteiger partial charge >= 0.3 is 0 Å². The van der Waals surface area contributed by atoms with Crippen LogP contribution < -0.4 is 16.7 Å². The highest BCUT2D eigenvalue weighted by atomic mass is 32.2. The molecule has 10 heteroatoms. The summed E-state index contributed by atoms with van der Waals surface area (Å²) in [4.78, 5) is 3.96. The van der Waals surface area contributed by atoms with Crippen LogP contribution in [0.25, 0.3) is 0 Å². The van der Waals surface area contributed by atoms with Gasteiger partial charge < -0.3 is 5.11 Å². The van der Waals surface area contributed by atoms with Crippen LogP contribution in [0.5, 0.6) is 0 Å². The van der Waals surface area contributed by atoms with Crippen molar-refractivity contribution in [1.82, 2.24) is 15.9 Å². The Hall–Kier alpha value is -1.40. The molecule has 0 radical (unpaired) electrons. The number of hydrazine groups is 2. The van der Waals surface area contributed by atoms with Crippen LogP contribution in [0, 0.1) is 6.92 Å². The van der Waals surface area contributed by atoms with E-state index in [9.17, 15) is 13.0 Å². The minimum absolute atomic E-state index is 0.129. The van der Waals surface area contributed by atoms with Crippen molar-refractivity contribution in [3.05, 3.63) is 29.3 Å². The van der Waals surface area contributed by atoms with E-state index in [2.05, 4.69) is 15.8 Å². The molecule has 6 N–H and O–H groups in total. The fourth-order valence-corrected chi connectivity index (χ4v) is 2.96. The molecule has 122 valence electrons. The summed E-state index contributed by atoms with van der Waals surface area (Å²) in [5.74, 6) is 4.56. The van der Waals surface area contributed by atoms with E-state index in [-0.39, 0.29) is 30.2 Å². The molecule has 0 aliphatic carbocycles. The predicted octanol–water partition coefficient (Wildman–Crippen LogP) is -1.30. The van der Waals surface area contributed by atoms with Crippen molar-refractivity contribution in [3.63, 3.8) is 0 Å². The highest BCUT2D eigenvalue weighted by molar-refractivity contribution is 7.85. The highest BCUT2D eigenvalue weighted by Gasteiger charge is 2.43. The summed E-state index contributed by atoms with van der Waals surface area (Å²) in [6, 6.07) is 4.46. The summed E-state index contributed by atoms with van der Waals surface area (Å²) in [5, 5.41) is 10.2. The lowest BCUT2D eigenvalue weighted by molar-refractivity contribution is 0.0695. The van der Waals surface area contributed by atoms with Crippen LogP contribution in [-0.2, 0) is 15.9 Å². The van der Waals surface area contributed by atoms with Gasteiger partial charge in [0.1, 0.15) is 4.90 Å². The van der Waals surface area contributed by atoms with Gasteiger partial charge in [-0.25, -0.2) is 5.43 Å². The summed E-state index contributed by atoms with van der Waals surface area (Å²) in [6.07, 6.45) is 1.53. The molecule has 0 saturated carbocycles. The normalized spacial score (nSPS) is 22.4. The van der Waals surface area contributed by atoms with Gasteiger partial charge in [0.05, 0.1) is 13.2 Å². The lowest BCUT2D eigenvalue weighted by Crippen LogP contribution is -2.60. The average molecular weight is 329 g/mol. The molecule has 22 heavy (non-hydrogen) atoms. The molecule has 1 aromatic rings. The van der Waals surface area contributed by atoms with Gasteiger partial charge in [-0.15, -0.1) is 0 Å². The number of nitrogens with two attached hydrogens (primary N) is 1. The third-order valence-electron chi connectivity index (χ3n) is 3.26. The molecule has 1 aromatic carbocycles. The van der Waals surface area contributed by atoms with Crippen LogP contribution in [0.3, 0.4) is 0 Å². The molecule has 0 aromatic heterocycles. The quantitative estimate of drug-likeness (QED) is 0.188. The van der Waals surface area contributed by atoms with Crippen LogP contribution >= 0.6 is 0 Å². The Kier molecular flexibility index (Phi) is 4.92. The van der Waals surface area contributed by atoms with Crippen LogP contribution in [0.2, 0.25) is 0 Å². The maximum Gasteiger partial charge on any atom is 0.294 e. The number of aliphatic imine (C=N–C) groups is 1. The second kappa shape index (κ2) is 6.38. The van der Waals surface area contributed by atoms with E-state index in [1.165, 1.54) is 17.3 Å². The Bertz CT molecular complexity index is 678. The smallest absolute Gasteiger partial charge is 0.294 e. The van der Waals surface area contributed by atoms with Crippen molar-refractivity contribution >= 4 is 16.3 Å². The highest BCUT2D eigenvalue weighted by Crippen LogP contribution is 2.33. The Labute approximate surface area is 128 Å². The van der Waals surface area contributed by atoms with E-state index in [1.54, 1.807) is 19.1 Å². The first-order valence-electron chi connectivity index (χ1n) is 6.57. The maximum atomic E-state index is 11.7. The van der Waals surface area contributed by atoms with Crippen molar-refractivity contribution < 1.29 is 18.1 Å². The molecule has 1 aliphatic rings. The van der Waals surface area contributed by atoms with Gasteiger partial charge in [0.2, 0.25) is 5.79 Å². The zero-order valence-corrected chi connectivity index (χ0v) is 12.8. The lowest BCUT2D eigenvalue weighted by Gasteiger charge is -2.35. The zero-order valence-electron chi connectivity index (χ0n) is 12.0. The molecule has 1 aliphatic heterocycles. The largest absolute Gasteiger partial charge is 0.395 e. The molecule has 1 heterocycles. The summed E-state index contributed by atoms with van der Waals surface area (Å²) in [7, 11) is -4.45. The first kappa shape index (κ1) is 17.0. The average Bonchev–Trinajstić information content (AvgIpc) is 2.80. The van der Waals surface area contributed by atoms with Crippen molar-refractivity contribution in [2.24, 2.45) is 10.8 Å². The molecule has 0 fully saturated rings. The van der Waals surface area contributed by atoms with E-state index in [1.807, 2.05) is 0 Å². The van der Waals surface area contributed by atoms with Crippen molar-refractivity contribution in [3.8, 4) is 0 Å². The van der Waals surface area contributed by atoms with Crippen LogP contribution in [-0.4, -0.2) is 49.0 Å². The van der Waals surface area contributed by atoms with E-state index in [0.717, 1.165) is 5.56 Å². The second-order valence-electron chi connectivity index (χ2n) is 4.89. The molecular weight excluding hydrogens is 310 g/mol. The summed E-state index contributed by atoms with van der Waals surface area (Å²) in [5.41, 5.74) is 6.52. The molecular formula is C12H19N5O4S. The monoisotopic (exact) mass is 329 g/mol. The van der Waals surface area contributed by atoms with Crippen molar-refractivity contribution in [2.75, 3.05) is 19.7 Å². The minimum Gasteiger partial charge on any atom is -0.395 e. The molecule has 9 nitrogen and oxygen atoms in total. The molecule has 1 atom stereocenters. The Morgan fingerprint density at radius 3 is 2.77 bits per heavy atom. The first-order valence-corrected chi connectivity index (χ1v) is 8.01. The number of aliphatic hydroxyl groups is 1. The molecule has 0 saturated heterocycles. The SMILES string of the molecule is Cc1ccc(S(=O)(=O)O)c(C2(NNCCO)N=CCN2N)c1. The van der Waals surface area contributed by atoms with E-state index < -0.39 is 15.9 Å². The molecule has 0 spiro atoms. The number of aryl methyl sites for hydroxylation is 1. The number of benzene rings is 1. The first-order chi connectivity index (χ1) is 10.3. The van der Waals surface area contributed by atoms with Crippen LogP contribution in [0.15, 0.2) is 28.1 Å². The van der Waals surface area contributed by atoms with Gasteiger partial charge in [0.15, 0.2) is 0 Å². The van der Waals surface area contributed by atoms with Gasteiger partial charge in [-0.2, -0.15) is 13.4 Å². The van der Waals surface area contributed by atoms with Crippen molar-refractivity contribution in [2.45, 2.75) is 17.6 Å². The summed E-state index contributed by atoms with van der Waals surface area (Å²) in [6.45, 7) is 2.15. The third kappa shape index (κ3) is 3.17. The fourth-order valence-electron chi connectivity index (χ4n) is 2.25. The number of rotatable bonds is 6. The summed E-state index contributed by atoms with van der Waals surface area (Å²) >= 11 is 0. The molecule has 1 unspecified atom stereocenters. The van der Waals surface area contributed by atoms with Crippen molar-refractivity contribution in [1.29, 1.82) is 0 Å². The standard InChI is InChI=1S/C12H19N5O4S/c1-9-2-3-11(22(19,20)21)10(8-9)12(16-15-5-7-18)14-4-6-17(12)13/h2-4,8,15-16,18H,5-7,13H2,1H3,(H,19,20,21). The maximum absolute atomic E-state index is 11.7. The van der Waals surface area contributed by atoms with Gasteiger partial charge in [0, 0.05) is 18.3 Å². The number of aliphatic hydroxyl groups excluding tert-OH is 1. The predicted molar refractivity (Wildman–Crippen MR) is 80.3 cm³/mol. The summed E-state index contributed by atoms with van der Waals surface area (Å²) < 4.78 is 32.8. The number of hydrogen-bond acceptors (Lipinski definition) is 8. The number of nitrogens with one attached hydrogen (secondary N) is 2. The molecule has 0 amide bonds.